The third-order valence-corrected chi connectivity index (χ3v) is 14.1. The van der Waals surface area contributed by atoms with Gasteiger partial charge in [0.25, 0.3) is 0 Å². The summed E-state index contributed by atoms with van der Waals surface area (Å²) < 4.78 is 16.0. The molecule has 0 atom stereocenters. The summed E-state index contributed by atoms with van der Waals surface area (Å²) in [4.78, 5) is 2.38. The summed E-state index contributed by atoms with van der Waals surface area (Å²) in [5.74, 6) is 0. The van der Waals surface area contributed by atoms with Crippen LogP contribution in [0.3, 0.4) is 0 Å². The van der Waals surface area contributed by atoms with Crippen molar-refractivity contribution in [3.8, 4) is 50.2 Å². The van der Waals surface area contributed by atoms with Crippen LogP contribution < -0.4 is 4.90 Å². The minimum Gasteiger partial charge on any atom is -0.455 e. The smallest absolute Gasteiger partial charge is 0.145 e. The van der Waals surface area contributed by atoms with E-state index in [1.165, 1.54) is 21.9 Å². The van der Waals surface area contributed by atoms with Gasteiger partial charge in [-0.3, -0.25) is 0 Å². The lowest BCUT2D eigenvalue weighted by Gasteiger charge is -2.27. The summed E-state index contributed by atoms with van der Waals surface area (Å²) >= 11 is 0. The molecule has 0 saturated heterocycles. The molecule has 0 saturated carbocycles. The van der Waals surface area contributed by atoms with Crippen molar-refractivity contribution in [2.24, 2.45) is 0 Å². The summed E-state index contributed by atoms with van der Waals surface area (Å²) in [6.07, 6.45) is 0. The molecule has 4 nitrogen and oxygen atoms in total. The van der Waals surface area contributed by atoms with Crippen LogP contribution in [0.25, 0.3) is 116 Å². The zero-order valence-electron chi connectivity index (χ0n) is 38.0. The Morgan fingerprint density at radius 1 is 0.286 bits per heavy atom. The molecule has 3 heterocycles. The number of hydrogen-bond acceptors (Lipinski definition) is 3. The SMILES string of the molecule is c1ccc(-c2ccc(-c3ccc(N(c4ccc(-c5cccc6c5oc5ccccc56)cc4)c4ccc(-c5ccccc5-n5c6ccccc6c6ccccc65)c5oc6ccccc6c45)cc3)cc2)cc1. The van der Waals surface area contributed by atoms with Crippen LogP contribution in [0.1, 0.15) is 0 Å². The quantitative estimate of drug-likeness (QED) is 0.152. The average Bonchev–Trinajstić information content (AvgIpc) is 4.12. The molecule has 328 valence electrons. The lowest BCUT2D eigenvalue weighted by molar-refractivity contribution is 0.669. The van der Waals surface area contributed by atoms with Gasteiger partial charge in [-0.15, -0.1) is 0 Å². The summed E-state index contributed by atoms with van der Waals surface area (Å²) in [6.45, 7) is 0. The van der Waals surface area contributed by atoms with Crippen molar-refractivity contribution in [3.63, 3.8) is 0 Å². The molecule has 0 radical (unpaired) electrons. The number of fused-ring (bicyclic) bond motifs is 9. The van der Waals surface area contributed by atoms with E-state index in [4.69, 9.17) is 8.83 Å². The molecule has 11 aromatic carbocycles. The van der Waals surface area contributed by atoms with Crippen LogP contribution in [0, 0.1) is 0 Å². The molecule has 4 heteroatoms. The van der Waals surface area contributed by atoms with E-state index in [9.17, 15) is 0 Å². The Morgan fingerprint density at radius 2 is 0.757 bits per heavy atom. The van der Waals surface area contributed by atoms with Crippen LogP contribution in [0.2, 0.25) is 0 Å². The second kappa shape index (κ2) is 16.2. The standard InChI is InChI=1S/C66H42N2O2/c1-2-15-43(16-3-1)44-29-31-45(32-30-44)46-33-37-48(38-34-46)67(49-39-35-47(36-40-49)50-22-14-23-55-54-20-7-12-27-62(54)69-65(50)55)61-42-41-56(66-64(61)57-21-8-13-28-63(57)70-66)53-19-6-11-26-60(53)68-58-24-9-4-17-51(58)52-18-5-10-25-59(52)68/h1-42H. The van der Waals surface area contributed by atoms with E-state index < -0.39 is 0 Å². The van der Waals surface area contributed by atoms with Crippen molar-refractivity contribution >= 4 is 82.7 Å². The first-order valence-corrected chi connectivity index (χ1v) is 23.8. The van der Waals surface area contributed by atoms with Crippen molar-refractivity contribution < 1.29 is 8.83 Å². The first-order valence-electron chi connectivity index (χ1n) is 23.8. The van der Waals surface area contributed by atoms with Crippen LogP contribution in [-0.2, 0) is 0 Å². The fourth-order valence-electron chi connectivity index (χ4n) is 10.8. The Morgan fingerprint density at radius 3 is 1.43 bits per heavy atom. The number of benzene rings is 11. The third kappa shape index (κ3) is 6.38. The molecular formula is C66H42N2O2. The fourth-order valence-corrected chi connectivity index (χ4v) is 10.8. The van der Waals surface area contributed by atoms with E-state index in [0.717, 1.165) is 111 Å². The van der Waals surface area contributed by atoms with Crippen LogP contribution in [0.5, 0.6) is 0 Å². The van der Waals surface area contributed by atoms with E-state index in [2.05, 4.69) is 252 Å². The fraction of sp³-hybridized carbons (Fsp3) is 0. The normalized spacial score (nSPS) is 11.7. The second-order valence-electron chi connectivity index (χ2n) is 18.0. The van der Waals surface area contributed by atoms with Gasteiger partial charge in [-0.25, -0.2) is 0 Å². The van der Waals surface area contributed by atoms with Gasteiger partial charge in [0.2, 0.25) is 0 Å². The lowest BCUT2D eigenvalue weighted by Crippen LogP contribution is -2.10. The van der Waals surface area contributed by atoms with Crippen molar-refractivity contribution in [3.05, 3.63) is 255 Å². The molecule has 0 N–H and O–H groups in total. The Bertz CT molecular complexity index is 4220. The molecule has 0 aliphatic rings. The number of nitrogens with zero attached hydrogens (tertiary/aromatic N) is 2. The molecule has 0 aliphatic carbocycles. The first-order chi connectivity index (χ1) is 34.7. The van der Waals surface area contributed by atoms with Gasteiger partial charge in [0.15, 0.2) is 0 Å². The molecular weight excluding hydrogens is 853 g/mol. The van der Waals surface area contributed by atoms with Gasteiger partial charge in [0, 0.05) is 55.0 Å². The molecule has 3 aromatic heterocycles. The van der Waals surface area contributed by atoms with E-state index in [1.807, 2.05) is 12.1 Å². The number of anilines is 3. The predicted octanol–water partition coefficient (Wildman–Crippen LogP) is 18.7. The zero-order chi connectivity index (χ0) is 46.1. The Hall–Kier alpha value is -9.38. The van der Waals surface area contributed by atoms with E-state index in [0.29, 0.717) is 0 Å². The summed E-state index contributed by atoms with van der Waals surface area (Å²) in [5.41, 5.74) is 18.9. The zero-order valence-corrected chi connectivity index (χ0v) is 38.0. The number of para-hydroxylation sites is 6. The minimum absolute atomic E-state index is 0.834. The molecule has 0 aliphatic heterocycles. The Balaban J connectivity index is 0.947. The number of aromatic nitrogens is 1. The van der Waals surface area contributed by atoms with E-state index in [1.54, 1.807) is 0 Å². The molecule has 0 amide bonds. The Labute approximate surface area is 404 Å². The average molecular weight is 895 g/mol. The van der Waals surface area contributed by atoms with Crippen molar-refractivity contribution in [2.75, 3.05) is 4.90 Å². The van der Waals surface area contributed by atoms with Crippen molar-refractivity contribution in [1.82, 2.24) is 4.57 Å². The van der Waals surface area contributed by atoms with E-state index in [-0.39, 0.29) is 0 Å². The highest BCUT2D eigenvalue weighted by Gasteiger charge is 2.25. The first kappa shape index (κ1) is 39.8. The molecule has 0 fully saturated rings. The van der Waals surface area contributed by atoms with Crippen molar-refractivity contribution in [2.45, 2.75) is 0 Å². The van der Waals surface area contributed by atoms with Gasteiger partial charge in [0.1, 0.15) is 22.3 Å². The molecule has 70 heavy (non-hydrogen) atoms. The van der Waals surface area contributed by atoms with Gasteiger partial charge in [-0.1, -0.05) is 188 Å². The van der Waals surface area contributed by atoms with E-state index >= 15 is 0 Å². The topological polar surface area (TPSA) is 34.5 Å². The number of furan rings is 2. The molecule has 14 aromatic rings. The number of rotatable bonds is 8. The van der Waals surface area contributed by atoms with Crippen LogP contribution in [0.4, 0.5) is 17.1 Å². The maximum absolute atomic E-state index is 7.06. The summed E-state index contributed by atoms with van der Waals surface area (Å²) in [7, 11) is 0. The second-order valence-corrected chi connectivity index (χ2v) is 18.0. The van der Waals surface area contributed by atoms with Gasteiger partial charge in [-0.05, 0) is 94.5 Å². The predicted molar refractivity (Wildman–Crippen MR) is 292 cm³/mol. The van der Waals surface area contributed by atoms with Gasteiger partial charge in [0.05, 0.1) is 27.8 Å². The minimum atomic E-state index is 0.834. The van der Waals surface area contributed by atoms with Crippen LogP contribution in [0.15, 0.2) is 264 Å². The van der Waals surface area contributed by atoms with Gasteiger partial charge < -0.3 is 18.3 Å². The largest absolute Gasteiger partial charge is 0.455 e. The molecule has 0 spiro atoms. The summed E-state index contributed by atoms with van der Waals surface area (Å²) in [6, 6.07) is 91.0. The van der Waals surface area contributed by atoms with Gasteiger partial charge >= 0.3 is 0 Å². The van der Waals surface area contributed by atoms with Gasteiger partial charge in [-0.2, -0.15) is 0 Å². The van der Waals surface area contributed by atoms with Crippen LogP contribution >= 0.6 is 0 Å². The number of hydrogen-bond donors (Lipinski definition) is 0. The molecule has 0 bridgehead atoms. The Kier molecular flexibility index (Phi) is 9.17. The van der Waals surface area contributed by atoms with Crippen LogP contribution in [-0.4, -0.2) is 4.57 Å². The van der Waals surface area contributed by atoms with Crippen molar-refractivity contribution in [1.29, 1.82) is 0 Å². The highest BCUT2D eigenvalue weighted by atomic mass is 16.3. The highest BCUT2D eigenvalue weighted by molar-refractivity contribution is 6.18. The lowest BCUT2D eigenvalue weighted by atomic mass is 9.97. The maximum Gasteiger partial charge on any atom is 0.145 e. The maximum atomic E-state index is 7.06. The molecule has 0 unspecified atom stereocenters. The third-order valence-electron chi connectivity index (χ3n) is 14.1. The molecule has 14 rings (SSSR count). The highest BCUT2D eigenvalue weighted by Crippen LogP contribution is 2.48. The summed E-state index contributed by atoms with van der Waals surface area (Å²) in [5, 5.41) is 6.78. The monoisotopic (exact) mass is 894 g/mol.